The number of carboxylic acid groups (broad SMARTS) is 1. The molecule has 0 aliphatic rings. The number of halogens is 3. The molecule has 0 fully saturated rings. The number of hydrogen-bond donors (Lipinski definition) is 3. The molecule has 1 aromatic carbocycles. The molecule has 1 atom stereocenters. The third-order valence-corrected chi connectivity index (χ3v) is 3.19. The number of nitrogens with zero attached hydrogens (tertiary/aromatic N) is 1. The first-order valence-corrected chi connectivity index (χ1v) is 6.86. The number of amides is 1. The van der Waals surface area contributed by atoms with E-state index in [1.54, 1.807) is 0 Å². The van der Waals surface area contributed by atoms with E-state index < -0.39 is 35.2 Å². The molecule has 2 aromatic rings. The number of hydrogen-bond acceptors (Lipinski definition) is 4. The van der Waals surface area contributed by atoms with E-state index in [9.17, 15) is 32.7 Å². The van der Waals surface area contributed by atoms with Crippen molar-refractivity contribution in [2.75, 3.05) is 0 Å². The SMILES string of the molecule is Cc1nc(C(=O)N[C@@H](C(=O)O)c2ccc(C(F)(F)F)cc2)cc(=O)[nH]1. The maximum atomic E-state index is 12.6. The highest BCUT2D eigenvalue weighted by atomic mass is 19.4. The van der Waals surface area contributed by atoms with Crippen molar-refractivity contribution in [3.8, 4) is 0 Å². The number of carbonyl (C=O) groups is 2. The number of aryl methyl sites for hydroxylation is 1. The lowest BCUT2D eigenvalue weighted by Crippen LogP contribution is -2.35. The molecule has 10 heteroatoms. The van der Waals surface area contributed by atoms with Crippen molar-refractivity contribution in [1.29, 1.82) is 0 Å². The molecule has 7 nitrogen and oxygen atoms in total. The molecule has 25 heavy (non-hydrogen) atoms. The van der Waals surface area contributed by atoms with Crippen molar-refractivity contribution in [3.63, 3.8) is 0 Å². The van der Waals surface area contributed by atoms with Gasteiger partial charge in [0.25, 0.3) is 11.5 Å². The Morgan fingerprint density at radius 1 is 1.24 bits per heavy atom. The average Bonchev–Trinajstić information content (AvgIpc) is 2.50. The third kappa shape index (κ3) is 4.43. The van der Waals surface area contributed by atoms with Crippen LogP contribution in [0.1, 0.15) is 33.5 Å². The van der Waals surface area contributed by atoms with Crippen LogP contribution in [0.5, 0.6) is 0 Å². The number of alkyl halides is 3. The minimum Gasteiger partial charge on any atom is -0.479 e. The Morgan fingerprint density at radius 3 is 2.32 bits per heavy atom. The van der Waals surface area contributed by atoms with Crippen LogP contribution in [0.4, 0.5) is 13.2 Å². The lowest BCUT2D eigenvalue weighted by atomic mass is 10.0. The number of carbonyl (C=O) groups excluding carboxylic acids is 1. The van der Waals surface area contributed by atoms with Crippen molar-refractivity contribution in [2.24, 2.45) is 0 Å². The molecule has 2 rings (SSSR count). The number of aliphatic carboxylic acids is 1. The van der Waals surface area contributed by atoms with E-state index in [0.717, 1.165) is 18.2 Å². The predicted octanol–water partition coefficient (Wildman–Crippen LogP) is 1.65. The molecule has 0 unspecified atom stereocenters. The van der Waals surface area contributed by atoms with Gasteiger partial charge in [0.2, 0.25) is 0 Å². The van der Waals surface area contributed by atoms with Gasteiger partial charge in [-0.05, 0) is 24.6 Å². The molecule has 0 saturated heterocycles. The monoisotopic (exact) mass is 355 g/mol. The Kier molecular flexibility index (Phi) is 4.91. The van der Waals surface area contributed by atoms with Crippen LogP contribution in [-0.2, 0) is 11.0 Å². The van der Waals surface area contributed by atoms with Crippen molar-refractivity contribution in [3.05, 3.63) is 63.3 Å². The Labute approximate surface area is 138 Å². The van der Waals surface area contributed by atoms with Crippen LogP contribution in [0.25, 0.3) is 0 Å². The van der Waals surface area contributed by atoms with Gasteiger partial charge in [-0.1, -0.05) is 12.1 Å². The number of H-pyrrole nitrogens is 1. The number of aromatic nitrogens is 2. The number of rotatable bonds is 4. The molecule has 1 amide bonds. The summed E-state index contributed by atoms with van der Waals surface area (Å²) in [4.78, 5) is 40.9. The minimum absolute atomic E-state index is 0.0598. The van der Waals surface area contributed by atoms with Crippen molar-refractivity contribution >= 4 is 11.9 Å². The quantitative estimate of drug-likeness (QED) is 0.772. The van der Waals surface area contributed by atoms with Crippen LogP contribution in [0.2, 0.25) is 0 Å². The summed E-state index contributed by atoms with van der Waals surface area (Å²) in [6.45, 7) is 1.43. The maximum absolute atomic E-state index is 12.6. The summed E-state index contributed by atoms with van der Waals surface area (Å²) in [5.74, 6) is -2.27. The van der Waals surface area contributed by atoms with Gasteiger partial charge in [-0.2, -0.15) is 13.2 Å². The van der Waals surface area contributed by atoms with E-state index in [1.165, 1.54) is 6.92 Å². The molecule has 0 radical (unpaired) electrons. The molecular formula is C15H12F3N3O4. The Hall–Kier alpha value is -3.17. The van der Waals surface area contributed by atoms with Crippen LogP contribution >= 0.6 is 0 Å². The lowest BCUT2D eigenvalue weighted by Gasteiger charge is -2.15. The Morgan fingerprint density at radius 2 is 1.84 bits per heavy atom. The summed E-state index contributed by atoms with van der Waals surface area (Å²) in [5, 5.41) is 11.4. The van der Waals surface area contributed by atoms with Crippen LogP contribution in [0.3, 0.4) is 0 Å². The van der Waals surface area contributed by atoms with Gasteiger partial charge in [0.15, 0.2) is 6.04 Å². The molecule has 1 heterocycles. The van der Waals surface area contributed by atoms with Gasteiger partial charge >= 0.3 is 12.1 Å². The Bertz CT molecular complexity index is 860. The second-order valence-corrected chi connectivity index (χ2v) is 5.08. The average molecular weight is 355 g/mol. The van der Waals surface area contributed by atoms with Gasteiger partial charge in [-0.25, -0.2) is 9.78 Å². The highest BCUT2D eigenvalue weighted by molar-refractivity contribution is 5.95. The smallest absolute Gasteiger partial charge is 0.416 e. The Balaban J connectivity index is 2.28. The molecule has 0 bridgehead atoms. The van der Waals surface area contributed by atoms with E-state index in [0.29, 0.717) is 12.1 Å². The summed E-state index contributed by atoms with van der Waals surface area (Å²) in [5.41, 5.74) is -1.91. The standard InChI is InChI=1S/C15H12F3N3O4/c1-7-19-10(6-11(22)20-7)13(23)21-12(14(24)25)8-2-4-9(5-3-8)15(16,17)18/h2-6,12H,1H3,(H,21,23)(H,24,25)(H,19,20,22)/t12-/m1/s1. The fourth-order valence-corrected chi connectivity index (χ4v) is 2.05. The number of carboxylic acids is 1. The first-order chi connectivity index (χ1) is 11.6. The van der Waals surface area contributed by atoms with E-state index in [4.69, 9.17) is 0 Å². The number of nitrogens with one attached hydrogen (secondary N) is 2. The zero-order valence-corrected chi connectivity index (χ0v) is 12.7. The van der Waals surface area contributed by atoms with Gasteiger partial charge in [-0.15, -0.1) is 0 Å². The van der Waals surface area contributed by atoms with Crippen LogP contribution < -0.4 is 10.9 Å². The maximum Gasteiger partial charge on any atom is 0.416 e. The first kappa shape index (κ1) is 18.2. The lowest BCUT2D eigenvalue weighted by molar-refractivity contribution is -0.139. The van der Waals surface area contributed by atoms with E-state index in [2.05, 4.69) is 15.3 Å². The van der Waals surface area contributed by atoms with Crippen molar-refractivity contribution < 1.29 is 27.9 Å². The summed E-state index contributed by atoms with van der Waals surface area (Å²) in [6, 6.07) is 2.63. The van der Waals surface area contributed by atoms with E-state index >= 15 is 0 Å². The van der Waals surface area contributed by atoms with Gasteiger partial charge < -0.3 is 15.4 Å². The molecule has 1 aromatic heterocycles. The summed E-state index contributed by atoms with van der Waals surface area (Å²) >= 11 is 0. The number of aromatic amines is 1. The largest absolute Gasteiger partial charge is 0.479 e. The molecule has 0 spiro atoms. The topological polar surface area (TPSA) is 112 Å². The zero-order valence-electron chi connectivity index (χ0n) is 12.7. The normalized spacial score (nSPS) is 12.5. The van der Waals surface area contributed by atoms with Gasteiger partial charge in [0.05, 0.1) is 5.56 Å². The zero-order chi connectivity index (χ0) is 18.8. The number of benzene rings is 1. The van der Waals surface area contributed by atoms with E-state index in [-0.39, 0.29) is 17.1 Å². The minimum atomic E-state index is -4.56. The van der Waals surface area contributed by atoms with Gasteiger partial charge in [0, 0.05) is 6.07 Å². The molecule has 3 N–H and O–H groups in total. The van der Waals surface area contributed by atoms with Crippen LogP contribution in [0, 0.1) is 6.92 Å². The molecule has 0 aliphatic heterocycles. The highest BCUT2D eigenvalue weighted by Gasteiger charge is 2.31. The van der Waals surface area contributed by atoms with E-state index in [1.807, 2.05) is 0 Å². The fraction of sp³-hybridized carbons (Fsp3) is 0.200. The summed E-state index contributed by atoms with van der Waals surface area (Å²) < 4.78 is 37.7. The third-order valence-electron chi connectivity index (χ3n) is 3.19. The molecule has 0 saturated carbocycles. The molecular weight excluding hydrogens is 343 g/mol. The summed E-state index contributed by atoms with van der Waals surface area (Å²) in [7, 11) is 0. The van der Waals surface area contributed by atoms with Gasteiger partial charge in [-0.3, -0.25) is 9.59 Å². The van der Waals surface area contributed by atoms with Crippen molar-refractivity contribution in [1.82, 2.24) is 15.3 Å². The second kappa shape index (κ2) is 6.75. The summed E-state index contributed by atoms with van der Waals surface area (Å²) in [6.07, 6.45) is -4.56. The molecule has 132 valence electrons. The predicted molar refractivity (Wildman–Crippen MR) is 78.9 cm³/mol. The molecule has 0 aliphatic carbocycles. The highest BCUT2D eigenvalue weighted by Crippen LogP contribution is 2.30. The fourth-order valence-electron chi connectivity index (χ4n) is 2.05. The van der Waals surface area contributed by atoms with Crippen LogP contribution in [-0.4, -0.2) is 27.0 Å². The van der Waals surface area contributed by atoms with Gasteiger partial charge in [0.1, 0.15) is 11.5 Å². The second-order valence-electron chi connectivity index (χ2n) is 5.08. The van der Waals surface area contributed by atoms with Crippen molar-refractivity contribution in [2.45, 2.75) is 19.1 Å². The first-order valence-electron chi connectivity index (χ1n) is 6.86. The van der Waals surface area contributed by atoms with Crippen LogP contribution in [0.15, 0.2) is 35.1 Å².